The van der Waals surface area contributed by atoms with Crippen molar-refractivity contribution in [2.45, 2.75) is 25.6 Å². The van der Waals surface area contributed by atoms with E-state index in [2.05, 4.69) is 61.5 Å². The molecular formula is C20H16O2. The fraction of sp³-hybridized carbons (Fsp3) is 0.200. The summed E-state index contributed by atoms with van der Waals surface area (Å²) in [6.07, 6.45) is 1.04. The Morgan fingerprint density at radius 1 is 0.955 bits per heavy atom. The molecule has 3 heterocycles. The number of benzene rings is 2. The molecule has 2 aliphatic rings. The molecule has 0 saturated heterocycles. The lowest BCUT2D eigenvalue weighted by atomic mass is 10.0. The van der Waals surface area contributed by atoms with Gasteiger partial charge in [-0.25, -0.2) is 0 Å². The number of ether oxygens (including phenoxy) is 1. The van der Waals surface area contributed by atoms with Gasteiger partial charge in [0.1, 0.15) is 17.6 Å². The zero-order valence-electron chi connectivity index (χ0n) is 12.4. The van der Waals surface area contributed by atoms with E-state index in [4.69, 9.17) is 9.15 Å². The number of fused-ring (bicyclic) bond motifs is 7. The Labute approximate surface area is 129 Å². The van der Waals surface area contributed by atoms with Crippen molar-refractivity contribution in [1.82, 2.24) is 0 Å². The molecule has 1 aromatic heterocycles. The van der Waals surface area contributed by atoms with E-state index in [0.29, 0.717) is 0 Å². The molecule has 0 amide bonds. The molecule has 2 atom stereocenters. The number of aryl methyl sites for hydroxylation is 1. The number of hydrogen-bond donors (Lipinski definition) is 0. The molecule has 22 heavy (non-hydrogen) atoms. The van der Waals surface area contributed by atoms with E-state index in [0.717, 1.165) is 17.9 Å². The summed E-state index contributed by atoms with van der Waals surface area (Å²) in [5.41, 5.74) is 6.27. The van der Waals surface area contributed by atoms with Crippen LogP contribution >= 0.6 is 0 Å². The molecule has 3 aromatic rings. The van der Waals surface area contributed by atoms with Crippen molar-refractivity contribution in [3.8, 4) is 11.3 Å². The third-order valence-corrected chi connectivity index (χ3v) is 4.82. The molecule has 0 fully saturated rings. The minimum atomic E-state index is -0.0391. The molecule has 5 rings (SSSR count). The monoisotopic (exact) mass is 288 g/mol. The summed E-state index contributed by atoms with van der Waals surface area (Å²) in [5, 5.41) is 0. The zero-order valence-corrected chi connectivity index (χ0v) is 12.4. The van der Waals surface area contributed by atoms with Gasteiger partial charge in [0, 0.05) is 17.5 Å². The SMILES string of the molecule is Cc1ccccc1-c1cc2c(o1)C1OC(C2)c2ccccc21. The molecule has 2 unspecified atom stereocenters. The maximum atomic E-state index is 6.24. The molecule has 108 valence electrons. The fourth-order valence-electron chi connectivity index (χ4n) is 3.72. The first-order chi connectivity index (χ1) is 10.8. The smallest absolute Gasteiger partial charge is 0.142 e. The highest BCUT2D eigenvalue weighted by Crippen LogP contribution is 2.51. The Hall–Kier alpha value is -2.32. The molecule has 2 bridgehead atoms. The Balaban J connectivity index is 1.65. The number of furan rings is 1. The standard InChI is InChI=1S/C20H16O2/c1-12-6-2-3-7-14(12)17-10-13-11-18-15-8-4-5-9-16(15)20(22-18)19(13)21-17/h2-10,18,20H,11H2,1H3. The van der Waals surface area contributed by atoms with Gasteiger partial charge in [0.25, 0.3) is 0 Å². The average molecular weight is 288 g/mol. The highest BCUT2D eigenvalue weighted by molar-refractivity contribution is 5.64. The summed E-state index contributed by atoms with van der Waals surface area (Å²) in [6.45, 7) is 2.12. The number of rotatable bonds is 1. The van der Waals surface area contributed by atoms with Crippen LogP contribution in [0, 0.1) is 6.92 Å². The van der Waals surface area contributed by atoms with Crippen LogP contribution in [-0.4, -0.2) is 0 Å². The molecule has 2 aliphatic heterocycles. The van der Waals surface area contributed by atoms with Gasteiger partial charge in [0.05, 0.1) is 6.10 Å². The van der Waals surface area contributed by atoms with Gasteiger partial charge in [-0.15, -0.1) is 0 Å². The van der Waals surface area contributed by atoms with E-state index in [1.165, 1.54) is 27.8 Å². The van der Waals surface area contributed by atoms with Crippen molar-refractivity contribution in [2.75, 3.05) is 0 Å². The molecule has 2 nitrogen and oxygen atoms in total. The third-order valence-electron chi connectivity index (χ3n) is 4.82. The van der Waals surface area contributed by atoms with Crippen LogP contribution in [0.5, 0.6) is 0 Å². The van der Waals surface area contributed by atoms with Crippen LogP contribution in [-0.2, 0) is 11.2 Å². The van der Waals surface area contributed by atoms with Gasteiger partial charge in [-0.05, 0) is 29.7 Å². The highest BCUT2D eigenvalue weighted by atomic mass is 16.5. The maximum Gasteiger partial charge on any atom is 0.142 e. The van der Waals surface area contributed by atoms with Crippen LogP contribution in [0.3, 0.4) is 0 Å². The molecule has 2 heteroatoms. The maximum absolute atomic E-state index is 6.24. The highest BCUT2D eigenvalue weighted by Gasteiger charge is 2.41. The Morgan fingerprint density at radius 2 is 1.73 bits per heavy atom. The average Bonchev–Trinajstić information content (AvgIpc) is 3.10. The van der Waals surface area contributed by atoms with Gasteiger partial charge in [-0.3, -0.25) is 0 Å². The van der Waals surface area contributed by atoms with Gasteiger partial charge in [0.2, 0.25) is 0 Å². The van der Waals surface area contributed by atoms with Crippen LogP contribution < -0.4 is 0 Å². The van der Waals surface area contributed by atoms with Crippen LogP contribution in [0.25, 0.3) is 11.3 Å². The molecule has 0 spiro atoms. The van der Waals surface area contributed by atoms with Crippen molar-refractivity contribution in [3.63, 3.8) is 0 Å². The van der Waals surface area contributed by atoms with Crippen molar-refractivity contribution in [1.29, 1.82) is 0 Å². The van der Waals surface area contributed by atoms with E-state index in [9.17, 15) is 0 Å². The van der Waals surface area contributed by atoms with Crippen molar-refractivity contribution in [3.05, 3.63) is 82.6 Å². The zero-order chi connectivity index (χ0) is 14.7. The van der Waals surface area contributed by atoms with Gasteiger partial charge in [-0.1, -0.05) is 48.5 Å². The molecule has 2 aromatic carbocycles. The van der Waals surface area contributed by atoms with E-state index in [1.54, 1.807) is 0 Å². The second-order valence-corrected chi connectivity index (χ2v) is 6.15. The molecular weight excluding hydrogens is 272 g/mol. The number of hydrogen-bond acceptors (Lipinski definition) is 2. The van der Waals surface area contributed by atoms with Crippen LogP contribution in [0.4, 0.5) is 0 Å². The van der Waals surface area contributed by atoms with Crippen LogP contribution in [0.15, 0.2) is 59.0 Å². The normalized spacial score (nSPS) is 21.5. The van der Waals surface area contributed by atoms with Gasteiger partial charge in [-0.2, -0.15) is 0 Å². The predicted molar refractivity (Wildman–Crippen MR) is 84.7 cm³/mol. The summed E-state index contributed by atoms with van der Waals surface area (Å²) in [5.74, 6) is 1.94. The second kappa shape index (κ2) is 4.34. The third kappa shape index (κ3) is 1.59. The molecule has 0 N–H and O–H groups in total. The lowest BCUT2D eigenvalue weighted by molar-refractivity contribution is 0.00912. The Kier molecular flexibility index (Phi) is 2.42. The molecule has 0 saturated carbocycles. The lowest BCUT2D eigenvalue weighted by Gasteiger charge is -2.19. The second-order valence-electron chi connectivity index (χ2n) is 6.15. The van der Waals surface area contributed by atoms with E-state index >= 15 is 0 Å². The van der Waals surface area contributed by atoms with Gasteiger partial charge >= 0.3 is 0 Å². The summed E-state index contributed by atoms with van der Waals surface area (Å²) >= 11 is 0. The first-order valence-corrected chi connectivity index (χ1v) is 7.74. The summed E-state index contributed by atoms with van der Waals surface area (Å²) in [7, 11) is 0. The lowest BCUT2D eigenvalue weighted by Crippen LogP contribution is -2.10. The minimum Gasteiger partial charge on any atom is -0.458 e. The van der Waals surface area contributed by atoms with E-state index < -0.39 is 0 Å². The quantitative estimate of drug-likeness (QED) is 0.630. The molecule has 0 radical (unpaired) electrons. The summed E-state index contributed by atoms with van der Waals surface area (Å²) in [6, 6.07) is 19.1. The summed E-state index contributed by atoms with van der Waals surface area (Å²) in [4.78, 5) is 0. The molecule has 0 aliphatic carbocycles. The Bertz CT molecular complexity index is 875. The summed E-state index contributed by atoms with van der Waals surface area (Å²) < 4.78 is 12.4. The largest absolute Gasteiger partial charge is 0.458 e. The van der Waals surface area contributed by atoms with Crippen molar-refractivity contribution < 1.29 is 9.15 Å². The van der Waals surface area contributed by atoms with E-state index in [1.807, 2.05) is 0 Å². The van der Waals surface area contributed by atoms with Gasteiger partial charge < -0.3 is 9.15 Å². The van der Waals surface area contributed by atoms with Crippen molar-refractivity contribution in [2.24, 2.45) is 0 Å². The first kappa shape index (κ1) is 12.2. The Morgan fingerprint density at radius 3 is 2.59 bits per heavy atom. The van der Waals surface area contributed by atoms with Crippen LogP contribution in [0.2, 0.25) is 0 Å². The predicted octanol–water partition coefficient (Wildman–Crippen LogP) is 4.97. The topological polar surface area (TPSA) is 22.4 Å². The van der Waals surface area contributed by atoms with Gasteiger partial charge in [0.15, 0.2) is 0 Å². The fourth-order valence-corrected chi connectivity index (χ4v) is 3.72. The van der Waals surface area contributed by atoms with E-state index in [-0.39, 0.29) is 12.2 Å². The van der Waals surface area contributed by atoms with Crippen molar-refractivity contribution >= 4 is 0 Å². The van der Waals surface area contributed by atoms with Crippen LogP contribution in [0.1, 0.15) is 40.2 Å². The minimum absolute atomic E-state index is 0.0391. The first-order valence-electron chi connectivity index (χ1n) is 7.74.